The molecule has 0 aliphatic rings. The van der Waals surface area contributed by atoms with Gasteiger partial charge in [-0.25, -0.2) is 0 Å². The minimum absolute atomic E-state index is 0. The van der Waals surface area contributed by atoms with Gasteiger partial charge in [-0.15, -0.1) is 0 Å². The maximum absolute atomic E-state index is 2.48. The first-order valence-corrected chi connectivity index (χ1v) is 7.41. The monoisotopic (exact) mass is 218 g/mol. The summed E-state index contributed by atoms with van der Waals surface area (Å²) in [5.74, 6) is 2.00. The first kappa shape index (κ1) is 19.0. The van der Waals surface area contributed by atoms with Crippen molar-refractivity contribution in [1.82, 2.24) is 0 Å². The Hall–Kier alpha value is 0.662. The molecule has 0 aromatic heterocycles. The maximum Gasteiger partial charge on any atom is 1.00 e. The van der Waals surface area contributed by atoms with Gasteiger partial charge in [-0.3, -0.25) is 0 Å². The fourth-order valence-electron chi connectivity index (χ4n) is 3.02. The van der Waals surface area contributed by atoms with Gasteiger partial charge in [0.05, 0.1) is 0 Å². The quantitative estimate of drug-likeness (QED) is 0.412. The van der Waals surface area contributed by atoms with Crippen molar-refractivity contribution in [3.05, 3.63) is 0 Å². The molecule has 0 bridgehead atoms. The van der Waals surface area contributed by atoms with Crippen LogP contribution < -0.4 is 18.9 Å². The Morgan fingerprint density at radius 1 is 0.812 bits per heavy atom. The zero-order valence-corrected chi connectivity index (χ0v) is 12.8. The van der Waals surface area contributed by atoms with Crippen LogP contribution in [0.4, 0.5) is 0 Å². The summed E-state index contributed by atoms with van der Waals surface area (Å²) in [5, 5.41) is 0. The van der Waals surface area contributed by atoms with E-state index in [9.17, 15) is 0 Å². The molecule has 0 aromatic carbocycles. The van der Waals surface area contributed by atoms with E-state index >= 15 is 0 Å². The third-order valence-corrected chi connectivity index (χ3v) is 4.70. The van der Waals surface area contributed by atoms with Gasteiger partial charge in [0.25, 0.3) is 0 Å². The average Bonchev–Trinajstić information content (AvgIpc) is 2.27. The summed E-state index contributed by atoms with van der Waals surface area (Å²) in [6, 6.07) is 0. The molecular weight excluding hydrogens is 186 g/mol. The van der Waals surface area contributed by atoms with Crippen molar-refractivity contribution in [3.8, 4) is 0 Å². The van der Waals surface area contributed by atoms with Crippen molar-refractivity contribution >= 4 is 6.71 Å². The van der Waals surface area contributed by atoms with Gasteiger partial charge in [0.2, 0.25) is 0 Å². The van der Waals surface area contributed by atoms with E-state index in [4.69, 9.17) is 0 Å². The van der Waals surface area contributed by atoms with Crippen LogP contribution in [0.5, 0.6) is 0 Å². The van der Waals surface area contributed by atoms with Crippen molar-refractivity contribution in [3.63, 3.8) is 0 Å². The Labute approximate surface area is 117 Å². The van der Waals surface area contributed by atoms with E-state index in [2.05, 4.69) is 34.6 Å². The molecule has 0 saturated carbocycles. The molecule has 0 heterocycles. The molecule has 0 nitrogen and oxygen atoms in total. The van der Waals surface area contributed by atoms with Crippen LogP contribution in [0.1, 0.15) is 73.1 Å². The Morgan fingerprint density at radius 3 is 1.69 bits per heavy atom. The van der Waals surface area contributed by atoms with Gasteiger partial charge in [0, 0.05) is 0 Å². The van der Waals surface area contributed by atoms with Crippen molar-refractivity contribution in [2.75, 3.05) is 0 Å². The molecule has 0 fully saturated rings. The minimum Gasteiger partial charge on any atom is -0.181 e. The second kappa shape index (κ2) is 12.1. The van der Waals surface area contributed by atoms with E-state index in [1.807, 2.05) is 0 Å². The third kappa shape index (κ3) is 7.86. The molecule has 0 aliphatic heterocycles. The molecule has 0 saturated heterocycles. The van der Waals surface area contributed by atoms with Gasteiger partial charge in [-0.05, 0) is 6.71 Å². The molecule has 0 rings (SSSR count). The van der Waals surface area contributed by atoms with Crippen LogP contribution in [0, 0.1) is 0 Å². The molecule has 16 heavy (non-hydrogen) atoms. The summed E-state index contributed by atoms with van der Waals surface area (Å²) in [6.07, 6.45) is 10.1. The Morgan fingerprint density at radius 2 is 1.31 bits per heavy atom. The maximum atomic E-state index is 2.48. The predicted molar refractivity (Wildman–Crippen MR) is 75.5 cm³/mol. The van der Waals surface area contributed by atoms with E-state index in [1.54, 1.807) is 6.32 Å². The van der Waals surface area contributed by atoms with E-state index in [-0.39, 0.29) is 25.6 Å². The van der Waals surface area contributed by atoms with E-state index in [0.717, 1.165) is 11.6 Å². The third-order valence-electron chi connectivity index (χ3n) is 4.70. The molecule has 92 valence electrons. The SMILES string of the molecule is CCCCCC[BH-](C(C)CC)C(C)CC.[Li+]. The molecule has 0 aromatic rings. The molecule has 0 amide bonds. The molecule has 0 radical (unpaired) electrons. The zero-order chi connectivity index (χ0) is 11.7. The number of hydrogen-bond donors (Lipinski definition) is 0. The first-order chi connectivity index (χ1) is 7.17. The van der Waals surface area contributed by atoms with Crippen LogP contribution >= 0.6 is 0 Å². The fraction of sp³-hybridized carbons (Fsp3) is 1.00. The van der Waals surface area contributed by atoms with Gasteiger partial charge in [0.1, 0.15) is 0 Å². The summed E-state index contributed by atoms with van der Waals surface area (Å²) in [4.78, 5) is 0. The number of hydrogen-bond acceptors (Lipinski definition) is 0. The topological polar surface area (TPSA) is 0 Å². The van der Waals surface area contributed by atoms with Gasteiger partial charge in [0.15, 0.2) is 0 Å². The normalized spacial score (nSPS) is 16.3. The summed E-state index contributed by atoms with van der Waals surface area (Å²) >= 11 is 0. The van der Waals surface area contributed by atoms with Crippen LogP contribution in [0.3, 0.4) is 0 Å². The molecule has 0 N–H and O–H groups in total. The van der Waals surface area contributed by atoms with Crippen LogP contribution in [-0.4, -0.2) is 6.71 Å². The fourth-order valence-corrected chi connectivity index (χ4v) is 3.02. The van der Waals surface area contributed by atoms with Crippen LogP contribution in [-0.2, 0) is 0 Å². The Bertz CT molecular complexity index is 129. The zero-order valence-electron chi connectivity index (χ0n) is 12.8. The van der Waals surface area contributed by atoms with Crippen molar-refractivity contribution in [2.45, 2.75) is 91.1 Å². The van der Waals surface area contributed by atoms with Crippen molar-refractivity contribution < 1.29 is 18.9 Å². The summed E-state index contributed by atoms with van der Waals surface area (Å²) < 4.78 is 0. The number of unbranched alkanes of at least 4 members (excludes halogenated alkanes) is 3. The molecule has 2 heteroatoms. The first-order valence-electron chi connectivity index (χ1n) is 7.41. The van der Waals surface area contributed by atoms with Crippen molar-refractivity contribution in [1.29, 1.82) is 0 Å². The molecular formula is C14H32BLi. The second-order valence-corrected chi connectivity index (χ2v) is 5.75. The summed E-state index contributed by atoms with van der Waals surface area (Å²) in [6.45, 7) is 12.1. The Balaban J connectivity index is 0. The summed E-state index contributed by atoms with van der Waals surface area (Å²) in [5.41, 5.74) is 0. The van der Waals surface area contributed by atoms with E-state index in [1.165, 1.54) is 38.5 Å². The molecule has 2 atom stereocenters. The van der Waals surface area contributed by atoms with Crippen LogP contribution in [0.15, 0.2) is 0 Å². The second-order valence-electron chi connectivity index (χ2n) is 5.75. The summed E-state index contributed by atoms with van der Waals surface area (Å²) in [7, 11) is 0. The molecule has 0 aliphatic carbocycles. The molecule has 2 unspecified atom stereocenters. The smallest absolute Gasteiger partial charge is 0.181 e. The largest absolute Gasteiger partial charge is 1.00 e. The average molecular weight is 218 g/mol. The predicted octanol–water partition coefficient (Wildman–Crippen LogP) is 2.40. The standard InChI is InChI=1S/C14H32B.Li/c1-6-9-10-11-12-15(13(4)7-2)14(5)8-3;/h13-15H,6-12H2,1-5H3;/q-1;+1. The van der Waals surface area contributed by atoms with Gasteiger partial charge < -0.3 is 0 Å². The van der Waals surface area contributed by atoms with Gasteiger partial charge >= 0.3 is 18.9 Å². The van der Waals surface area contributed by atoms with E-state index in [0.29, 0.717) is 0 Å². The van der Waals surface area contributed by atoms with Crippen molar-refractivity contribution in [2.24, 2.45) is 0 Å². The molecule has 0 spiro atoms. The van der Waals surface area contributed by atoms with Crippen LogP contribution in [0.25, 0.3) is 0 Å². The number of rotatable bonds is 9. The van der Waals surface area contributed by atoms with Crippen LogP contribution in [0.2, 0.25) is 18.0 Å². The van der Waals surface area contributed by atoms with Gasteiger partial charge in [-0.2, -0.15) is 18.0 Å². The minimum atomic E-state index is 0. The Kier molecular flexibility index (Phi) is 14.4. The van der Waals surface area contributed by atoms with Gasteiger partial charge in [-0.1, -0.05) is 73.1 Å². The van der Waals surface area contributed by atoms with E-state index < -0.39 is 0 Å².